The number of aryl methyl sites for hydroxylation is 1. The van der Waals surface area contributed by atoms with Crippen molar-refractivity contribution in [2.75, 3.05) is 11.9 Å². The standard InChI is InChI=1S/C19H19FN2O6/c1-3-27-19(26)15-10(2)28-18(16(15)17(21)25)22-14(24)9-8-13(23)11-4-6-12(20)7-5-11/h4-7H,3,8-9H2,1-2H3,(H2,21,25)(H,22,24). The normalized spacial score (nSPS) is 10.4. The molecule has 0 atom stereocenters. The largest absolute Gasteiger partial charge is 0.462 e. The Morgan fingerprint density at radius 3 is 2.32 bits per heavy atom. The van der Waals surface area contributed by atoms with Crippen LogP contribution in [-0.2, 0) is 9.53 Å². The molecule has 28 heavy (non-hydrogen) atoms. The summed E-state index contributed by atoms with van der Waals surface area (Å²) in [7, 11) is 0. The minimum atomic E-state index is -0.974. The summed E-state index contributed by atoms with van der Waals surface area (Å²) in [6.45, 7) is 3.10. The number of halogens is 1. The average molecular weight is 390 g/mol. The Balaban J connectivity index is 2.10. The minimum Gasteiger partial charge on any atom is -0.462 e. The van der Waals surface area contributed by atoms with Crippen LogP contribution in [0.5, 0.6) is 0 Å². The second kappa shape index (κ2) is 8.94. The maximum absolute atomic E-state index is 12.9. The van der Waals surface area contributed by atoms with E-state index in [4.69, 9.17) is 14.9 Å². The molecule has 1 heterocycles. The Bertz CT molecular complexity index is 917. The zero-order chi connectivity index (χ0) is 20.8. The number of esters is 1. The summed E-state index contributed by atoms with van der Waals surface area (Å²) in [6, 6.07) is 4.94. The van der Waals surface area contributed by atoms with Gasteiger partial charge in [-0.1, -0.05) is 0 Å². The Kier molecular flexibility index (Phi) is 6.64. The van der Waals surface area contributed by atoms with Crippen molar-refractivity contribution < 1.29 is 32.7 Å². The quantitative estimate of drug-likeness (QED) is 0.527. The van der Waals surface area contributed by atoms with Crippen molar-refractivity contribution in [2.24, 2.45) is 5.73 Å². The monoisotopic (exact) mass is 390 g/mol. The molecule has 0 spiro atoms. The fraction of sp³-hybridized carbons (Fsp3) is 0.263. The van der Waals surface area contributed by atoms with E-state index < -0.39 is 23.6 Å². The summed E-state index contributed by atoms with van der Waals surface area (Å²) in [6.07, 6.45) is -0.364. The second-order valence-corrected chi connectivity index (χ2v) is 5.80. The Morgan fingerprint density at radius 2 is 1.75 bits per heavy atom. The third kappa shape index (κ3) is 4.81. The maximum Gasteiger partial charge on any atom is 0.342 e. The highest BCUT2D eigenvalue weighted by Crippen LogP contribution is 2.27. The number of Topliss-reactive ketones (excluding diaryl/α,β-unsaturated/α-hetero) is 1. The van der Waals surface area contributed by atoms with Gasteiger partial charge in [-0.05, 0) is 38.1 Å². The molecule has 2 amide bonds. The van der Waals surface area contributed by atoms with Crippen LogP contribution >= 0.6 is 0 Å². The van der Waals surface area contributed by atoms with Gasteiger partial charge >= 0.3 is 5.97 Å². The predicted molar refractivity (Wildman–Crippen MR) is 96.5 cm³/mol. The van der Waals surface area contributed by atoms with Crippen LogP contribution in [0.15, 0.2) is 28.7 Å². The number of hydrogen-bond acceptors (Lipinski definition) is 6. The van der Waals surface area contributed by atoms with Gasteiger partial charge < -0.3 is 14.9 Å². The molecule has 148 valence electrons. The third-order valence-electron chi connectivity index (χ3n) is 3.81. The van der Waals surface area contributed by atoms with Gasteiger partial charge in [-0.15, -0.1) is 0 Å². The molecule has 0 saturated heterocycles. The van der Waals surface area contributed by atoms with Crippen LogP contribution in [0.25, 0.3) is 0 Å². The molecule has 1 aromatic carbocycles. The lowest BCUT2D eigenvalue weighted by molar-refractivity contribution is -0.116. The number of rotatable bonds is 8. The van der Waals surface area contributed by atoms with Gasteiger partial charge in [0.1, 0.15) is 22.7 Å². The van der Waals surface area contributed by atoms with E-state index in [-0.39, 0.29) is 53.6 Å². The maximum atomic E-state index is 12.9. The van der Waals surface area contributed by atoms with Crippen molar-refractivity contribution in [1.29, 1.82) is 0 Å². The summed E-state index contributed by atoms with van der Waals surface area (Å²) in [5.41, 5.74) is 5.12. The zero-order valence-corrected chi connectivity index (χ0v) is 15.3. The fourth-order valence-electron chi connectivity index (χ4n) is 2.51. The van der Waals surface area contributed by atoms with E-state index in [1.807, 2.05) is 0 Å². The molecule has 0 saturated carbocycles. The number of nitrogens with two attached hydrogens (primary N) is 1. The number of furan rings is 1. The van der Waals surface area contributed by atoms with Gasteiger partial charge in [-0.25, -0.2) is 9.18 Å². The average Bonchev–Trinajstić information content (AvgIpc) is 2.96. The Morgan fingerprint density at radius 1 is 1.11 bits per heavy atom. The van der Waals surface area contributed by atoms with E-state index in [1.165, 1.54) is 19.1 Å². The van der Waals surface area contributed by atoms with Gasteiger partial charge in [-0.3, -0.25) is 19.7 Å². The number of anilines is 1. The van der Waals surface area contributed by atoms with Gasteiger partial charge in [-0.2, -0.15) is 0 Å². The van der Waals surface area contributed by atoms with E-state index in [9.17, 15) is 23.6 Å². The number of nitrogens with one attached hydrogen (secondary N) is 1. The fourth-order valence-corrected chi connectivity index (χ4v) is 2.51. The first-order chi connectivity index (χ1) is 13.2. The highest BCUT2D eigenvalue weighted by Gasteiger charge is 2.29. The molecule has 2 rings (SSSR count). The molecule has 8 nitrogen and oxygen atoms in total. The Labute approximate surface area is 159 Å². The van der Waals surface area contributed by atoms with Gasteiger partial charge in [0.15, 0.2) is 5.78 Å². The number of ketones is 1. The lowest BCUT2D eigenvalue weighted by Crippen LogP contribution is -2.20. The molecule has 0 aliphatic heterocycles. The lowest BCUT2D eigenvalue weighted by atomic mass is 10.1. The third-order valence-corrected chi connectivity index (χ3v) is 3.81. The number of primary amides is 1. The van der Waals surface area contributed by atoms with E-state index >= 15 is 0 Å². The van der Waals surface area contributed by atoms with Crippen molar-refractivity contribution in [3.8, 4) is 0 Å². The molecule has 0 radical (unpaired) electrons. The van der Waals surface area contributed by atoms with Crippen LogP contribution in [-0.4, -0.2) is 30.2 Å². The van der Waals surface area contributed by atoms with Crippen LogP contribution < -0.4 is 11.1 Å². The molecule has 0 fully saturated rings. The van der Waals surface area contributed by atoms with Gasteiger partial charge in [0.2, 0.25) is 11.8 Å². The van der Waals surface area contributed by atoms with Crippen molar-refractivity contribution >= 4 is 29.5 Å². The summed E-state index contributed by atoms with van der Waals surface area (Å²) >= 11 is 0. The SMILES string of the molecule is CCOC(=O)c1c(C)oc(NC(=O)CCC(=O)c2ccc(F)cc2)c1C(N)=O. The van der Waals surface area contributed by atoms with Gasteiger partial charge in [0.25, 0.3) is 5.91 Å². The molecule has 0 aliphatic carbocycles. The molecule has 0 aliphatic rings. The number of carbonyl (C=O) groups is 4. The summed E-state index contributed by atoms with van der Waals surface area (Å²) in [5, 5.41) is 2.34. The highest BCUT2D eigenvalue weighted by molar-refractivity contribution is 6.10. The first-order valence-corrected chi connectivity index (χ1v) is 8.43. The van der Waals surface area contributed by atoms with Crippen molar-refractivity contribution in [2.45, 2.75) is 26.7 Å². The van der Waals surface area contributed by atoms with E-state index in [1.54, 1.807) is 6.92 Å². The molecule has 3 N–H and O–H groups in total. The Hall–Kier alpha value is -3.49. The van der Waals surface area contributed by atoms with Crippen LogP contribution in [0.4, 0.5) is 10.3 Å². The highest BCUT2D eigenvalue weighted by atomic mass is 19.1. The first kappa shape index (κ1) is 20.8. The molecule has 0 bridgehead atoms. The van der Waals surface area contributed by atoms with E-state index in [0.717, 1.165) is 12.1 Å². The van der Waals surface area contributed by atoms with Crippen LogP contribution in [0.3, 0.4) is 0 Å². The van der Waals surface area contributed by atoms with Crippen molar-refractivity contribution in [1.82, 2.24) is 0 Å². The minimum absolute atomic E-state index is 0.0601. The lowest BCUT2D eigenvalue weighted by Gasteiger charge is -2.05. The van der Waals surface area contributed by atoms with Gasteiger partial charge in [0, 0.05) is 18.4 Å². The molecule has 2 aromatic rings. The van der Waals surface area contributed by atoms with Gasteiger partial charge in [0.05, 0.1) is 6.61 Å². The van der Waals surface area contributed by atoms with Crippen molar-refractivity contribution in [3.63, 3.8) is 0 Å². The van der Waals surface area contributed by atoms with E-state index in [2.05, 4.69) is 5.32 Å². The first-order valence-electron chi connectivity index (χ1n) is 8.43. The van der Waals surface area contributed by atoms with Crippen LogP contribution in [0.2, 0.25) is 0 Å². The number of carbonyl (C=O) groups excluding carboxylic acids is 4. The van der Waals surface area contributed by atoms with Crippen molar-refractivity contribution in [3.05, 3.63) is 52.5 Å². The molecule has 1 aromatic heterocycles. The second-order valence-electron chi connectivity index (χ2n) is 5.80. The number of ether oxygens (including phenoxy) is 1. The number of benzene rings is 1. The predicted octanol–water partition coefficient (Wildman–Crippen LogP) is 2.60. The van der Waals surface area contributed by atoms with E-state index in [0.29, 0.717) is 0 Å². The summed E-state index contributed by atoms with van der Waals surface area (Å²) < 4.78 is 23.0. The summed E-state index contributed by atoms with van der Waals surface area (Å²) in [4.78, 5) is 47.9. The molecule has 9 heteroatoms. The molecular formula is C19H19FN2O6. The smallest absolute Gasteiger partial charge is 0.342 e. The number of hydrogen-bond donors (Lipinski definition) is 2. The van der Waals surface area contributed by atoms with Crippen LogP contribution in [0, 0.1) is 12.7 Å². The molecule has 0 unspecified atom stereocenters. The zero-order valence-electron chi connectivity index (χ0n) is 15.3. The number of amides is 2. The van der Waals surface area contributed by atoms with Crippen LogP contribution in [0.1, 0.15) is 56.6 Å². The summed E-state index contributed by atoms with van der Waals surface area (Å²) in [5.74, 6) is -3.45. The molecular weight excluding hydrogens is 371 g/mol. The topological polar surface area (TPSA) is 129 Å².